The quantitative estimate of drug-likeness (QED) is 0.381. The molecule has 0 unspecified atom stereocenters. The Morgan fingerprint density at radius 2 is 1.68 bits per heavy atom. The zero-order valence-corrected chi connectivity index (χ0v) is 18.9. The molecule has 6 heteroatoms. The van der Waals surface area contributed by atoms with Gasteiger partial charge in [0.05, 0.1) is 16.8 Å². The first-order valence-corrected chi connectivity index (χ1v) is 11.4. The number of hydrogen-bond acceptors (Lipinski definition) is 3. The molecule has 2 heterocycles. The van der Waals surface area contributed by atoms with Gasteiger partial charge in [-0.15, -0.1) is 0 Å². The first kappa shape index (κ1) is 22.2. The van der Waals surface area contributed by atoms with E-state index in [0.717, 1.165) is 36.3 Å². The number of amides is 1. The van der Waals surface area contributed by atoms with Crippen molar-refractivity contribution < 1.29 is 13.6 Å². The Bertz CT molecular complexity index is 1360. The van der Waals surface area contributed by atoms with Crippen molar-refractivity contribution in [1.29, 1.82) is 0 Å². The van der Waals surface area contributed by atoms with Gasteiger partial charge in [0.15, 0.2) is 0 Å². The number of benzene rings is 3. The summed E-state index contributed by atoms with van der Waals surface area (Å²) in [6.45, 7) is 4.91. The Morgan fingerprint density at radius 1 is 0.941 bits per heavy atom. The fraction of sp³-hybridized carbons (Fsp3) is 0.214. The average Bonchev–Trinajstić information content (AvgIpc) is 3.33. The SMILES string of the molecule is Cc1ccc(-c2ccc(C(=O)Nc3cc4ncc(CN5CCCC5)cc4cc3F)c(F)c2)cc1. The topological polar surface area (TPSA) is 45.2 Å². The maximum Gasteiger partial charge on any atom is 0.258 e. The molecule has 0 radical (unpaired) electrons. The third-order valence-corrected chi connectivity index (χ3v) is 6.28. The van der Waals surface area contributed by atoms with E-state index in [-0.39, 0.29) is 11.3 Å². The van der Waals surface area contributed by atoms with Crippen LogP contribution in [0.25, 0.3) is 22.0 Å². The van der Waals surface area contributed by atoms with Gasteiger partial charge in [0.2, 0.25) is 0 Å². The number of hydrogen-bond donors (Lipinski definition) is 1. The summed E-state index contributed by atoms with van der Waals surface area (Å²) in [6, 6.07) is 16.9. The molecule has 1 fully saturated rings. The summed E-state index contributed by atoms with van der Waals surface area (Å²) in [7, 11) is 0. The van der Waals surface area contributed by atoms with E-state index in [2.05, 4.69) is 15.2 Å². The van der Waals surface area contributed by atoms with E-state index in [0.29, 0.717) is 16.5 Å². The number of aromatic nitrogens is 1. The van der Waals surface area contributed by atoms with Gasteiger partial charge in [0, 0.05) is 18.1 Å². The van der Waals surface area contributed by atoms with Crippen molar-refractivity contribution in [3.63, 3.8) is 0 Å². The molecule has 1 aromatic heterocycles. The fourth-order valence-electron chi connectivity index (χ4n) is 4.39. The minimum absolute atomic E-state index is 0.0284. The van der Waals surface area contributed by atoms with Crippen LogP contribution in [0.4, 0.5) is 14.5 Å². The van der Waals surface area contributed by atoms with Crippen molar-refractivity contribution in [2.24, 2.45) is 0 Å². The zero-order valence-electron chi connectivity index (χ0n) is 18.9. The van der Waals surface area contributed by atoms with E-state index in [1.807, 2.05) is 37.3 Å². The molecule has 1 aliphatic rings. The molecule has 4 aromatic rings. The molecular weight excluding hydrogens is 432 g/mol. The predicted octanol–water partition coefficient (Wildman–Crippen LogP) is 6.34. The van der Waals surface area contributed by atoms with Crippen molar-refractivity contribution >= 4 is 22.5 Å². The number of fused-ring (bicyclic) bond motifs is 1. The molecule has 0 aliphatic carbocycles. The van der Waals surface area contributed by atoms with Crippen LogP contribution in [-0.2, 0) is 6.54 Å². The van der Waals surface area contributed by atoms with Crippen molar-refractivity contribution in [3.8, 4) is 11.1 Å². The second-order valence-corrected chi connectivity index (χ2v) is 8.87. The molecule has 0 saturated carbocycles. The molecule has 0 spiro atoms. The summed E-state index contributed by atoms with van der Waals surface area (Å²) in [5.41, 5.74) is 4.05. The molecule has 0 bridgehead atoms. The molecule has 4 nitrogen and oxygen atoms in total. The summed E-state index contributed by atoms with van der Waals surface area (Å²) in [4.78, 5) is 19.5. The molecule has 172 valence electrons. The van der Waals surface area contributed by atoms with E-state index >= 15 is 0 Å². The average molecular weight is 458 g/mol. The van der Waals surface area contributed by atoms with Gasteiger partial charge >= 0.3 is 0 Å². The maximum atomic E-state index is 14.8. The normalized spacial score (nSPS) is 14.0. The number of nitrogens with zero attached hydrogens (tertiary/aromatic N) is 2. The van der Waals surface area contributed by atoms with Crippen molar-refractivity contribution in [1.82, 2.24) is 9.88 Å². The highest BCUT2D eigenvalue weighted by Crippen LogP contribution is 2.26. The third kappa shape index (κ3) is 4.68. The number of aryl methyl sites for hydroxylation is 1. The van der Waals surface area contributed by atoms with Crippen molar-refractivity contribution in [2.45, 2.75) is 26.3 Å². The number of halogens is 2. The lowest BCUT2D eigenvalue weighted by Crippen LogP contribution is -2.18. The highest BCUT2D eigenvalue weighted by atomic mass is 19.1. The Labute approximate surface area is 197 Å². The summed E-state index contributed by atoms with van der Waals surface area (Å²) in [5.74, 6) is -1.96. The van der Waals surface area contributed by atoms with Gasteiger partial charge in [-0.05, 0) is 79.9 Å². The van der Waals surface area contributed by atoms with Gasteiger partial charge in [0.1, 0.15) is 11.6 Å². The first-order chi connectivity index (χ1) is 16.5. The van der Waals surface area contributed by atoms with Gasteiger partial charge in [-0.3, -0.25) is 14.7 Å². The van der Waals surface area contributed by atoms with Gasteiger partial charge in [0.25, 0.3) is 5.91 Å². The number of carbonyl (C=O) groups excluding carboxylic acids is 1. The van der Waals surface area contributed by atoms with Crippen molar-refractivity contribution in [2.75, 3.05) is 18.4 Å². The third-order valence-electron chi connectivity index (χ3n) is 6.28. The van der Waals surface area contributed by atoms with Gasteiger partial charge in [-0.25, -0.2) is 8.78 Å². The molecule has 1 N–H and O–H groups in total. The number of anilines is 1. The van der Waals surface area contributed by atoms with Crippen LogP contribution in [0.3, 0.4) is 0 Å². The zero-order chi connectivity index (χ0) is 23.7. The monoisotopic (exact) mass is 457 g/mol. The Morgan fingerprint density at radius 3 is 2.41 bits per heavy atom. The number of nitrogens with one attached hydrogen (secondary N) is 1. The van der Waals surface area contributed by atoms with E-state index in [9.17, 15) is 13.6 Å². The van der Waals surface area contributed by atoms with E-state index < -0.39 is 17.5 Å². The minimum atomic E-state index is -0.711. The summed E-state index contributed by atoms with van der Waals surface area (Å²) in [6.07, 6.45) is 4.19. The number of likely N-dealkylation sites (tertiary alicyclic amines) is 1. The lowest BCUT2D eigenvalue weighted by molar-refractivity contribution is 0.102. The molecule has 0 atom stereocenters. The van der Waals surface area contributed by atoms with Gasteiger partial charge < -0.3 is 5.32 Å². The Kier molecular flexibility index (Phi) is 6.07. The van der Waals surface area contributed by atoms with E-state index in [1.165, 1.54) is 37.1 Å². The summed E-state index contributed by atoms with van der Waals surface area (Å²) >= 11 is 0. The van der Waals surface area contributed by atoms with Crippen LogP contribution >= 0.6 is 0 Å². The highest BCUT2D eigenvalue weighted by Gasteiger charge is 2.17. The predicted molar refractivity (Wildman–Crippen MR) is 131 cm³/mol. The van der Waals surface area contributed by atoms with Gasteiger partial charge in [-0.2, -0.15) is 0 Å². The molecule has 1 amide bonds. The Balaban J connectivity index is 1.35. The molecular formula is C28H25F2N3O. The van der Waals surface area contributed by atoms with Crippen LogP contribution in [0.1, 0.15) is 34.3 Å². The molecule has 3 aromatic carbocycles. The van der Waals surface area contributed by atoms with Crippen LogP contribution < -0.4 is 5.32 Å². The maximum absolute atomic E-state index is 14.8. The molecule has 5 rings (SSSR count). The minimum Gasteiger partial charge on any atom is -0.319 e. The lowest BCUT2D eigenvalue weighted by atomic mass is 10.0. The van der Waals surface area contributed by atoms with Crippen molar-refractivity contribution in [3.05, 3.63) is 95.2 Å². The smallest absolute Gasteiger partial charge is 0.258 e. The van der Waals surface area contributed by atoms with E-state index in [4.69, 9.17) is 0 Å². The van der Waals surface area contributed by atoms with Crippen LogP contribution in [-0.4, -0.2) is 28.9 Å². The van der Waals surface area contributed by atoms with Crippen LogP contribution in [0.2, 0.25) is 0 Å². The standard InChI is InChI=1S/C28H25F2N3O/c1-18-4-6-20(7-5-18)21-8-9-23(24(29)13-21)28(34)32-27-15-26-22(14-25(27)30)12-19(16-31-26)17-33-10-2-3-11-33/h4-9,12-16H,2-3,10-11,17H2,1H3,(H,32,34). The molecule has 1 aliphatic heterocycles. The number of pyridine rings is 1. The largest absolute Gasteiger partial charge is 0.319 e. The molecule has 34 heavy (non-hydrogen) atoms. The molecule has 1 saturated heterocycles. The van der Waals surface area contributed by atoms with Crippen LogP contribution in [0, 0.1) is 18.6 Å². The first-order valence-electron chi connectivity index (χ1n) is 11.4. The summed E-state index contributed by atoms with van der Waals surface area (Å²) in [5, 5.41) is 3.16. The second-order valence-electron chi connectivity index (χ2n) is 8.87. The van der Waals surface area contributed by atoms with E-state index in [1.54, 1.807) is 12.3 Å². The highest BCUT2D eigenvalue weighted by molar-refractivity contribution is 6.05. The fourth-order valence-corrected chi connectivity index (χ4v) is 4.39. The Hall–Kier alpha value is -3.64. The summed E-state index contributed by atoms with van der Waals surface area (Å²) < 4.78 is 29.6. The van der Waals surface area contributed by atoms with Crippen LogP contribution in [0.15, 0.2) is 66.9 Å². The van der Waals surface area contributed by atoms with Gasteiger partial charge in [-0.1, -0.05) is 35.9 Å². The van der Waals surface area contributed by atoms with Crippen LogP contribution in [0.5, 0.6) is 0 Å². The number of carbonyl (C=O) groups is 1. The second kappa shape index (κ2) is 9.31. The lowest BCUT2D eigenvalue weighted by Gasteiger charge is -2.15. The number of rotatable bonds is 5.